The standard InChI is InChI=1S/C14H14F2N4O/c1-2-9-6-8(7-12(18-9)20-17)14(21)19-11-5-3-4-10(15)13(11)16/h3-7H,2,17H2,1H3,(H,18,20)(H,19,21). The van der Waals surface area contributed by atoms with Gasteiger partial charge in [0.05, 0.1) is 5.69 Å². The molecule has 4 N–H and O–H groups in total. The molecule has 1 heterocycles. The van der Waals surface area contributed by atoms with Crippen molar-refractivity contribution in [1.29, 1.82) is 0 Å². The maximum absolute atomic E-state index is 13.5. The predicted octanol–water partition coefficient (Wildman–Crippen LogP) is 2.46. The van der Waals surface area contributed by atoms with E-state index >= 15 is 0 Å². The molecule has 21 heavy (non-hydrogen) atoms. The summed E-state index contributed by atoms with van der Waals surface area (Å²) in [6.07, 6.45) is 0.601. The summed E-state index contributed by atoms with van der Waals surface area (Å²) in [5.41, 5.74) is 3.03. The highest BCUT2D eigenvalue weighted by Crippen LogP contribution is 2.18. The number of rotatable bonds is 4. The van der Waals surface area contributed by atoms with E-state index in [9.17, 15) is 13.6 Å². The van der Waals surface area contributed by atoms with E-state index in [1.807, 2.05) is 6.92 Å². The third-order valence-electron chi connectivity index (χ3n) is 2.85. The first-order valence-corrected chi connectivity index (χ1v) is 6.28. The Balaban J connectivity index is 2.30. The van der Waals surface area contributed by atoms with E-state index in [0.29, 0.717) is 17.9 Å². The third-order valence-corrected chi connectivity index (χ3v) is 2.85. The van der Waals surface area contributed by atoms with Gasteiger partial charge in [-0.15, -0.1) is 0 Å². The molecule has 1 aromatic heterocycles. The molecule has 1 aromatic carbocycles. The Morgan fingerprint density at radius 1 is 1.33 bits per heavy atom. The normalized spacial score (nSPS) is 10.3. The molecule has 0 aliphatic carbocycles. The summed E-state index contributed by atoms with van der Waals surface area (Å²) in [7, 11) is 0. The summed E-state index contributed by atoms with van der Waals surface area (Å²) in [6.45, 7) is 1.87. The summed E-state index contributed by atoms with van der Waals surface area (Å²) in [5, 5.41) is 2.32. The number of pyridine rings is 1. The van der Waals surface area contributed by atoms with Crippen molar-refractivity contribution >= 4 is 17.4 Å². The van der Waals surface area contributed by atoms with Crippen LogP contribution in [0.4, 0.5) is 20.3 Å². The highest BCUT2D eigenvalue weighted by molar-refractivity contribution is 6.04. The van der Waals surface area contributed by atoms with Crippen LogP contribution in [0.5, 0.6) is 0 Å². The molecule has 0 atom stereocenters. The number of benzene rings is 1. The van der Waals surface area contributed by atoms with Gasteiger partial charge in [-0.1, -0.05) is 13.0 Å². The second-order valence-corrected chi connectivity index (χ2v) is 4.29. The Hall–Kier alpha value is -2.54. The van der Waals surface area contributed by atoms with Gasteiger partial charge in [0.2, 0.25) is 0 Å². The zero-order valence-corrected chi connectivity index (χ0v) is 11.3. The van der Waals surface area contributed by atoms with Gasteiger partial charge in [-0.3, -0.25) is 4.79 Å². The quantitative estimate of drug-likeness (QED) is 0.597. The SMILES string of the molecule is CCc1cc(C(=O)Nc2cccc(F)c2F)cc(NN)n1. The van der Waals surface area contributed by atoms with E-state index in [-0.39, 0.29) is 11.3 Å². The summed E-state index contributed by atoms with van der Waals surface area (Å²) in [5.74, 6) is 2.90. The Bertz CT molecular complexity index is 654. The Labute approximate surface area is 120 Å². The second-order valence-electron chi connectivity index (χ2n) is 4.29. The molecule has 110 valence electrons. The first-order chi connectivity index (χ1) is 10.0. The van der Waals surface area contributed by atoms with E-state index in [0.717, 1.165) is 6.07 Å². The van der Waals surface area contributed by atoms with Crippen molar-refractivity contribution in [3.63, 3.8) is 0 Å². The number of nitrogen functional groups attached to an aromatic ring is 1. The summed E-state index contributed by atoms with van der Waals surface area (Å²) < 4.78 is 26.6. The lowest BCUT2D eigenvalue weighted by atomic mass is 10.1. The van der Waals surface area contributed by atoms with Crippen molar-refractivity contribution in [1.82, 2.24) is 4.98 Å². The molecule has 0 aliphatic heterocycles. The number of nitrogens with one attached hydrogen (secondary N) is 2. The molecule has 2 rings (SSSR count). The first kappa shape index (κ1) is 14.9. The molecule has 0 spiro atoms. The van der Waals surface area contributed by atoms with Gasteiger partial charge in [0.1, 0.15) is 5.82 Å². The van der Waals surface area contributed by atoms with Crippen LogP contribution in [-0.4, -0.2) is 10.9 Å². The average molecular weight is 292 g/mol. The van der Waals surface area contributed by atoms with Gasteiger partial charge >= 0.3 is 0 Å². The van der Waals surface area contributed by atoms with Crippen LogP contribution in [0.15, 0.2) is 30.3 Å². The van der Waals surface area contributed by atoms with Crippen LogP contribution in [0.25, 0.3) is 0 Å². The lowest BCUT2D eigenvalue weighted by molar-refractivity contribution is 0.102. The topological polar surface area (TPSA) is 80.0 Å². The molecule has 5 nitrogen and oxygen atoms in total. The summed E-state index contributed by atoms with van der Waals surface area (Å²) in [4.78, 5) is 16.3. The molecule has 0 fully saturated rings. The number of halogens is 2. The maximum atomic E-state index is 13.5. The minimum absolute atomic E-state index is 0.225. The molecule has 0 saturated carbocycles. The number of carbonyl (C=O) groups excluding carboxylic acids is 1. The van der Waals surface area contributed by atoms with E-state index in [4.69, 9.17) is 5.84 Å². The predicted molar refractivity (Wildman–Crippen MR) is 75.7 cm³/mol. The van der Waals surface area contributed by atoms with Crippen LogP contribution in [0.3, 0.4) is 0 Å². The first-order valence-electron chi connectivity index (χ1n) is 6.28. The van der Waals surface area contributed by atoms with Crippen molar-refractivity contribution < 1.29 is 13.6 Å². The van der Waals surface area contributed by atoms with Crippen molar-refractivity contribution in [3.05, 3.63) is 53.2 Å². The summed E-state index contributed by atoms with van der Waals surface area (Å²) in [6, 6.07) is 6.55. The van der Waals surface area contributed by atoms with Crippen molar-refractivity contribution in [2.75, 3.05) is 10.7 Å². The van der Waals surface area contributed by atoms with E-state index in [2.05, 4.69) is 15.7 Å². The monoisotopic (exact) mass is 292 g/mol. The van der Waals surface area contributed by atoms with Gasteiger partial charge in [-0.25, -0.2) is 19.6 Å². The van der Waals surface area contributed by atoms with Gasteiger partial charge in [0.15, 0.2) is 11.6 Å². The largest absolute Gasteiger partial charge is 0.319 e. The smallest absolute Gasteiger partial charge is 0.255 e. The van der Waals surface area contributed by atoms with E-state index in [1.165, 1.54) is 18.2 Å². The minimum Gasteiger partial charge on any atom is -0.319 e. The molecule has 0 radical (unpaired) electrons. The zero-order valence-electron chi connectivity index (χ0n) is 11.3. The highest BCUT2D eigenvalue weighted by atomic mass is 19.2. The fourth-order valence-electron chi connectivity index (χ4n) is 1.77. The fourth-order valence-corrected chi connectivity index (χ4v) is 1.77. The number of nitrogens with zero attached hydrogens (tertiary/aromatic N) is 1. The van der Waals surface area contributed by atoms with Crippen molar-refractivity contribution in [2.45, 2.75) is 13.3 Å². The summed E-state index contributed by atoms with van der Waals surface area (Å²) >= 11 is 0. The molecular weight excluding hydrogens is 278 g/mol. The Kier molecular flexibility index (Phi) is 4.44. The lowest BCUT2D eigenvalue weighted by Crippen LogP contribution is -2.16. The number of carbonyl (C=O) groups is 1. The number of hydrogen-bond acceptors (Lipinski definition) is 4. The van der Waals surface area contributed by atoms with Gasteiger partial charge in [0.25, 0.3) is 5.91 Å². The highest BCUT2D eigenvalue weighted by Gasteiger charge is 2.13. The molecular formula is C14H14F2N4O. The molecule has 0 aliphatic rings. The fraction of sp³-hybridized carbons (Fsp3) is 0.143. The van der Waals surface area contributed by atoms with E-state index in [1.54, 1.807) is 6.07 Å². The Morgan fingerprint density at radius 3 is 2.76 bits per heavy atom. The molecule has 7 heteroatoms. The zero-order chi connectivity index (χ0) is 15.4. The van der Waals surface area contributed by atoms with Crippen LogP contribution < -0.4 is 16.6 Å². The van der Waals surface area contributed by atoms with Crippen LogP contribution >= 0.6 is 0 Å². The van der Waals surface area contributed by atoms with Gasteiger partial charge in [0, 0.05) is 11.3 Å². The number of hydrazine groups is 1. The number of anilines is 2. The second kappa shape index (κ2) is 6.27. The number of hydrogen-bond donors (Lipinski definition) is 3. The van der Waals surface area contributed by atoms with Crippen LogP contribution in [0, 0.1) is 11.6 Å². The van der Waals surface area contributed by atoms with Crippen LogP contribution in [0.2, 0.25) is 0 Å². The number of aryl methyl sites for hydroxylation is 1. The third kappa shape index (κ3) is 3.32. The Morgan fingerprint density at radius 2 is 2.10 bits per heavy atom. The van der Waals surface area contributed by atoms with Gasteiger partial charge in [-0.05, 0) is 30.7 Å². The maximum Gasteiger partial charge on any atom is 0.255 e. The molecule has 0 bridgehead atoms. The number of amides is 1. The van der Waals surface area contributed by atoms with Crippen LogP contribution in [0.1, 0.15) is 23.0 Å². The number of nitrogens with two attached hydrogens (primary N) is 1. The lowest BCUT2D eigenvalue weighted by Gasteiger charge is -2.09. The van der Waals surface area contributed by atoms with Crippen molar-refractivity contribution in [3.8, 4) is 0 Å². The average Bonchev–Trinajstić information content (AvgIpc) is 2.51. The molecule has 0 saturated heterocycles. The van der Waals surface area contributed by atoms with Crippen molar-refractivity contribution in [2.24, 2.45) is 5.84 Å². The van der Waals surface area contributed by atoms with Gasteiger partial charge < -0.3 is 10.7 Å². The minimum atomic E-state index is -1.10. The molecule has 2 aromatic rings. The molecule has 1 amide bonds. The van der Waals surface area contributed by atoms with Crippen LogP contribution in [-0.2, 0) is 6.42 Å². The van der Waals surface area contributed by atoms with E-state index < -0.39 is 17.5 Å². The van der Waals surface area contributed by atoms with Gasteiger partial charge in [-0.2, -0.15) is 0 Å². The molecule has 0 unspecified atom stereocenters. The number of aromatic nitrogens is 1.